The number of nitrogens with zero attached hydrogens (tertiary/aromatic N) is 2. The molecule has 1 aliphatic rings. The second-order valence-corrected chi connectivity index (χ2v) is 4.96. The highest BCUT2D eigenvalue weighted by Crippen LogP contribution is 2.39. The van der Waals surface area contributed by atoms with Crippen LogP contribution in [0.25, 0.3) is 0 Å². The summed E-state index contributed by atoms with van der Waals surface area (Å²) in [5.74, 6) is 1.21. The molecule has 2 N–H and O–H groups in total. The van der Waals surface area contributed by atoms with E-state index in [0.717, 1.165) is 32.1 Å². The summed E-state index contributed by atoms with van der Waals surface area (Å²) in [5.41, 5.74) is 5.57. The van der Waals surface area contributed by atoms with Crippen molar-refractivity contribution in [3.63, 3.8) is 0 Å². The fraction of sp³-hybridized carbons (Fsp3) is 0.846. The smallest absolute Gasteiger partial charge is 0.243 e. The maximum atomic E-state index is 5.96. The summed E-state index contributed by atoms with van der Waals surface area (Å²) in [5, 5.41) is 4.11. The Hall–Kier alpha value is -0.940. The summed E-state index contributed by atoms with van der Waals surface area (Å²) in [6, 6.07) is -0.173. The van der Waals surface area contributed by atoms with Crippen LogP contribution in [-0.2, 0) is 10.3 Å². The van der Waals surface area contributed by atoms with Crippen molar-refractivity contribution < 1.29 is 9.26 Å². The van der Waals surface area contributed by atoms with Crippen molar-refractivity contribution in [2.24, 2.45) is 5.73 Å². The molecule has 0 radical (unpaired) electrons. The van der Waals surface area contributed by atoms with Crippen molar-refractivity contribution in [3.8, 4) is 0 Å². The molecule has 1 saturated carbocycles. The van der Waals surface area contributed by atoms with E-state index in [0.29, 0.717) is 18.3 Å². The lowest BCUT2D eigenvalue weighted by Gasteiger charge is -2.33. The first-order valence-corrected chi connectivity index (χ1v) is 6.95. The molecule has 0 aromatic carbocycles. The van der Waals surface area contributed by atoms with Crippen molar-refractivity contribution in [1.29, 1.82) is 0 Å². The zero-order valence-corrected chi connectivity index (χ0v) is 11.3. The quantitative estimate of drug-likeness (QED) is 0.873. The van der Waals surface area contributed by atoms with Gasteiger partial charge < -0.3 is 15.0 Å². The molecule has 1 atom stereocenters. The van der Waals surface area contributed by atoms with Gasteiger partial charge in [-0.25, -0.2) is 0 Å². The third kappa shape index (κ3) is 2.57. The molecule has 18 heavy (non-hydrogen) atoms. The molecule has 0 spiro atoms. The molecule has 1 fully saturated rings. The van der Waals surface area contributed by atoms with Gasteiger partial charge in [-0.1, -0.05) is 31.3 Å². The Morgan fingerprint density at radius 3 is 2.67 bits per heavy atom. The first kappa shape index (κ1) is 13.5. The predicted molar refractivity (Wildman–Crippen MR) is 67.9 cm³/mol. The van der Waals surface area contributed by atoms with E-state index in [1.807, 2.05) is 13.8 Å². The number of rotatable bonds is 5. The Bertz CT molecular complexity index is 367. The highest BCUT2D eigenvalue weighted by Gasteiger charge is 2.39. The molecular weight excluding hydrogens is 230 g/mol. The molecule has 0 aliphatic heterocycles. The van der Waals surface area contributed by atoms with Crippen molar-refractivity contribution in [2.75, 3.05) is 6.61 Å². The molecule has 1 aromatic heterocycles. The SMILES string of the molecule is CCOC1(c2noc([C@H](N)CC)n2)CCCCC1. The third-order valence-electron chi connectivity index (χ3n) is 3.69. The molecular formula is C13H23N3O2. The summed E-state index contributed by atoms with van der Waals surface area (Å²) >= 11 is 0. The highest BCUT2D eigenvalue weighted by molar-refractivity contribution is 5.04. The van der Waals surface area contributed by atoms with E-state index in [1.165, 1.54) is 6.42 Å². The lowest BCUT2D eigenvalue weighted by Crippen LogP contribution is -2.33. The van der Waals surface area contributed by atoms with Crippen LogP contribution >= 0.6 is 0 Å². The fourth-order valence-corrected chi connectivity index (χ4v) is 2.58. The molecule has 0 bridgehead atoms. The summed E-state index contributed by atoms with van der Waals surface area (Å²) in [6.07, 6.45) is 6.31. The molecule has 102 valence electrons. The van der Waals surface area contributed by atoms with E-state index in [-0.39, 0.29) is 11.6 Å². The normalized spacial score (nSPS) is 20.8. The lowest BCUT2D eigenvalue weighted by atomic mass is 9.84. The van der Waals surface area contributed by atoms with Crippen molar-refractivity contribution in [2.45, 2.75) is 64.0 Å². The van der Waals surface area contributed by atoms with Crippen LogP contribution in [0.3, 0.4) is 0 Å². The number of hydrogen-bond donors (Lipinski definition) is 1. The molecule has 0 amide bonds. The van der Waals surface area contributed by atoms with Gasteiger partial charge in [-0.15, -0.1) is 0 Å². The van der Waals surface area contributed by atoms with Gasteiger partial charge in [0.25, 0.3) is 0 Å². The Balaban J connectivity index is 2.22. The van der Waals surface area contributed by atoms with Gasteiger partial charge in [-0.2, -0.15) is 4.98 Å². The summed E-state index contributed by atoms with van der Waals surface area (Å²) in [7, 11) is 0. The maximum Gasteiger partial charge on any atom is 0.243 e. The van der Waals surface area contributed by atoms with Gasteiger partial charge in [0.1, 0.15) is 5.60 Å². The van der Waals surface area contributed by atoms with Crippen LogP contribution in [0.5, 0.6) is 0 Å². The Kier molecular flexibility index (Phi) is 4.35. The average Bonchev–Trinajstić information content (AvgIpc) is 2.89. The Morgan fingerprint density at radius 1 is 1.33 bits per heavy atom. The van der Waals surface area contributed by atoms with Gasteiger partial charge >= 0.3 is 0 Å². The number of nitrogens with two attached hydrogens (primary N) is 1. The predicted octanol–water partition coefficient (Wildman–Crippen LogP) is 2.68. The van der Waals surface area contributed by atoms with E-state index in [9.17, 15) is 0 Å². The Labute approximate surface area is 108 Å². The van der Waals surface area contributed by atoms with Crippen LogP contribution in [0.2, 0.25) is 0 Å². The van der Waals surface area contributed by atoms with Crippen LogP contribution in [0.1, 0.15) is 70.1 Å². The second kappa shape index (κ2) is 5.80. The molecule has 5 heteroatoms. The standard InChI is InChI=1S/C13H23N3O2/c1-3-10(14)11-15-12(16-18-11)13(17-4-2)8-6-5-7-9-13/h10H,3-9,14H2,1-2H3/t10-/m1/s1. The zero-order valence-electron chi connectivity index (χ0n) is 11.3. The highest BCUT2D eigenvalue weighted by atomic mass is 16.5. The first-order valence-electron chi connectivity index (χ1n) is 6.95. The van der Waals surface area contributed by atoms with Crippen LogP contribution in [-0.4, -0.2) is 16.7 Å². The summed E-state index contributed by atoms with van der Waals surface area (Å²) in [4.78, 5) is 4.47. The average molecular weight is 253 g/mol. The fourth-order valence-electron chi connectivity index (χ4n) is 2.58. The van der Waals surface area contributed by atoms with Crippen molar-refractivity contribution in [1.82, 2.24) is 10.1 Å². The van der Waals surface area contributed by atoms with Crippen LogP contribution < -0.4 is 5.73 Å². The van der Waals surface area contributed by atoms with Gasteiger partial charge in [0.05, 0.1) is 6.04 Å². The summed E-state index contributed by atoms with van der Waals surface area (Å²) in [6.45, 7) is 4.69. The van der Waals surface area contributed by atoms with Crippen LogP contribution in [0.15, 0.2) is 4.52 Å². The minimum absolute atomic E-state index is 0.173. The monoisotopic (exact) mass is 253 g/mol. The van der Waals surface area contributed by atoms with E-state index in [4.69, 9.17) is 15.0 Å². The van der Waals surface area contributed by atoms with Crippen molar-refractivity contribution in [3.05, 3.63) is 11.7 Å². The van der Waals surface area contributed by atoms with Crippen molar-refractivity contribution >= 4 is 0 Å². The minimum Gasteiger partial charge on any atom is -0.367 e. The Morgan fingerprint density at radius 2 is 2.06 bits per heavy atom. The first-order chi connectivity index (χ1) is 8.72. The van der Waals surface area contributed by atoms with Gasteiger partial charge in [-0.3, -0.25) is 0 Å². The van der Waals surface area contributed by atoms with Crippen LogP contribution in [0.4, 0.5) is 0 Å². The topological polar surface area (TPSA) is 74.2 Å². The maximum absolute atomic E-state index is 5.96. The zero-order chi connectivity index (χ0) is 13.0. The number of aromatic nitrogens is 2. The van der Waals surface area contributed by atoms with Gasteiger partial charge in [0.15, 0.2) is 0 Å². The minimum atomic E-state index is -0.345. The van der Waals surface area contributed by atoms with Gasteiger partial charge in [0, 0.05) is 6.61 Å². The third-order valence-corrected chi connectivity index (χ3v) is 3.69. The summed E-state index contributed by atoms with van der Waals surface area (Å²) < 4.78 is 11.2. The molecule has 1 heterocycles. The second-order valence-electron chi connectivity index (χ2n) is 4.96. The lowest BCUT2D eigenvalue weighted by molar-refractivity contribution is -0.0777. The molecule has 1 aliphatic carbocycles. The van der Waals surface area contributed by atoms with E-state index >= 15 is 0 Å². The largest absolute Gasteiger partial charge is 0.367 e. The number of hydrogen-bond acceptors (Lipinski definition) is 5. The van der Waals surface area contributed by atoms with E-state index in [1.54, 1.807) is 0 Å². The number of ether oxygens (including phenoxy) is 1. The molecule has 5 nitrogen and oxygen atoms in total. The van der Waals surface area contributed by atoms with E-state index in [2.05, 4.69) is 10.1 Å². The van der Waals surface area contributed by atoms with Gasteiger partial charge in [0.2, 0.25) is 11.7 Å². The molecule has 0 unspecified atom stereocenters. The molecule has 0 saturated heterocycles. The van der Waals surface area contributed by atoms with Crippen LogP contribution in [0, 0.1) is 0 Å². The molecule has 2 rings (SSSR count). The van der Waals surface area contributed by atoms with Gasteiger partial charge in [-0.05, 0) is 26.2 Å². The van der Waals surface area contributed by atoms with E-state index < -0.39 is 0 Å². The molecule has 1 aromatic rings.